The van der Waals surface area contributed by atoms with Crippen molar-refractivity contribution in [1.29, 1.82) is 5.41 Å². The SMILES string of the molecule is N=CC(=O)NC(=O)Nc1cc(Cl)c(Oc2ccc3c(c2)CCN(Cc2ccc(OC(F)(F)F)cc2)C3=O)c(Cl)c1. The fraction of sp³-hybridized carbons (Fsp3) is 0.154. The lowest BCUT2D eigenvalue weighted by Gasteiger charge is -2.29. The highest BCUT2D eigenvalue weighted by Gasteiger charge is 2.31. The van der Waals surface area contributed by atoms with Crippen molar-refractivity contribution in [3.63, 3.8) is 0 Å². The minimum absolute atomic E-state index is 0.0628. The molecule has 0 aromatic heterocycles. The van der Waals surface area contributed by atoms with Crippen LogP contribution in [0.15, 0.2) is 54.6 Å². The van der Waals surface area contributed by atoms with Crippen molar-refractivity contribution in [2.45, 2.75) is 19.3 Å². The number of halogens is 5. The number of alkyl halides is 3. The second kappa shape index (κ2) is 11.8. The van der Waals surface area contributed by atoms with Gasteiger partial charge in [-0.25, -0.2) is 4.79 Å². The molecule has 3 N–H and O–H groups in total. The number of nitrogens with zero attached hydrogens (tertiary/aromatic N) is 1. The average Bonchev–Trinajstić information content (AvgIpc) is 2.88. The number of amides is 4. The lowest BCUT2D eigenvalue weighted by Crippen LogP contribution is -2.37. The zero-order chi connectivity index (χ0) is 29.0. The molecular formula is C26H19Cl2F3N4O5. The van der Waals surface area contributed by atoms with Crippen LogP contribution in [0.2, 0.25) is 10.0 Å². The number of nitrogens with one attached hydrogen (secondary N) is 3. The predicted molar refractivity (Wildman–Crippen MR) is 140 cm³/mol. The number of carbonyl (C=O) groups excluding carboxylic acids is 3. The second-order valence-corrected chi connectivity index (χ2v) is 9.26. The number of ether oxygens (including phenoxy) is 2. The number of hydrogen-bond acceptors (Lipinski definition) is 6. The summed E-state index contributed by atoms with van der Waals surface area (Å²) in [5.41, 5.74) is 2.01. The summed E-state index contributed by atoms with van der Waals surface area (Å²) < 4.78 is 46.8. The van der Waals surface area contributed by atoms with E-state index in [0.29, 0.717) is 36.1 Å². The number of carbonyl (C=O) groups is 3. The first-order valence-electron chi connectivity index (χ1n) is 11.5. The zero-order valence-corrected chi connectivity index (χ0v) is 21.8. The first-order chi connectivity index (χ1) is 18.9. The maximum Gasteiger partial charge on any atom is 0.573 e. The quantitative estimate of drug-likeness (QED) is 0.282. The Morgan fingerprint density at radius 1 is 1.02 bits per heavy atom. The Kier molecular flexibility index (Phi) is 8.50. The molecule has 1 aliphatic heterocycles. The van der Waals surface area contributed by atoms with Gasteiger partial charge in [-0.15, -0.1) is 13.2 Å². The Hall–Kier alpha value is -4.29. The van der Waals surface area contributed by atoms with Crippen molar-refractivity contribution in [2.24, 2.45) is 0 Å². The van der Waals surface area contributed by atoms with Crippen molar-refractivity contribution in [2.75, 3.05) is 11.9 Å². The lowest BCUT2D eigenvalue weighted by atomic mass is 9.98. The van der Waals surface area contributed by atoms with Gasteiger partial charge < -0.3 is 25.1 Å². The second-order valence-electron chi connectivity index (χ2n) is 8.45. The Morgan fingerprint density at radius 2 is 1.68 bits per heavy atom. The van der Waals surface area contributed by atoms with Crippen LogP contribution in [0.3, 0.4) is 0 Å². The maximum absolute atomic E-state index is 13.1. The number of rotatable bonds is 7. The third-order valence-corrected chi connectivity index (χ3v) is 6.18. The van der Waals surface area contributed by atoms with Gasteiger partial charge in [0, 0.05) is 24.3 Å². The molecule has 0 saturated carbocycles. The molecule has 0 aliphatic carbocycles. The Bertz CT molecular complexity index is 1460. The smallest absolute Gasteiger partial charge is 0.454 e. The standard InChI is InChI=1S/C26H19Cl2F3N4O5/c27-20-10-16(33-25(38)34-22(36)12-32)11-21(28)23(20)39-18-5-6-19-15(9-18)7-8-35(24(19)37)13-14-1-3-17(4-2-14)40-26(29,30)31/h1-6,9-12,32H,7-8,13H2,(H2,33,34,36,38). The molecule has 9 nitrogen and oxygen atoms in total. The van der Waals surface area contributed by atoms with E-state index < -0.39 is 18.3 Å². The molecule has 1 heterocycles. The fourth-order valence-electron chi connectivity index (χ4n) is 3.90. The van der Waals surface area contributed by atoms with E-state index in [0.717, 1.165) is 5.56 Å². The van der Waals surface area contributed by atoms with Crippen LogP contribution in [0.4, 0.5) is 23.7 Å². The van der Waals surface area contributed by atoms with Gasteiger partial charge in [-0.3, -0.25) is 14.9 Å². The van der Waals surface area contributed by atoms with Gasteiger partial charge in [0.1, 0.15) is 11.5 Å². The largest absolute Gasteiger partial charge is 0.573 e. The average molecular weight is 595 g/mol. The van der Waals surface area contributed by atoms with E-state index in [4.69, 9.17) is 33.3 Å². The summed E-state index contributed by atoms with van der Waals surface area (Å²) in [6.45, 7) is 0.586. The van der Waals surface area contributed by atoms with E-state index in [2.05, 4.69) is 10.1 Å². The van der Waals surface area contributed by atoms with Gasteiger partial charge >= 0.3 is 12.4 Å². The number of urea groups is 1. The third kappa shape index (κ3) is 7.21. The monoisotopic (exact) mass is 594 g/mol. The molecule has 14 heteroatoms. The van der Waals surface area contributed by atoms with Gasteiger partial charge in [0.2, 0.25) is 0 Å². The molecule has 0 fully saturated rings. The molecule has 208 valence electrons. The lowest BCUT2D eigenvalue weighted by molar-refractivity contribution is -0.274. The van der Waals surface area contributed by atoms with E-state index in [1.165, 1.54) is 36.4 Å². The Balaban J connectivity index is 1.42. The molecule has 0 saturated heterocycles. The van der Waals surface area contributed by atoms with Crippen molar-refractivity contribution in [3.05, 3.63) is 81.3 Å². The zero-order valence-electron chi connectivity index (χ0n) is 20.3. The van der Waals surface area contributed by atoms with Crippen LogP contribution < -0.4 is 20.1 Å². The van der Waals surface area contributed by atoms with Crippen LogP contribution >= 0.6 is 23.2 Å². The van der Waals surface area contributed by atoms with Gasteiger partial charge in [-0.05, 0) is 60.0 Å². The first kappa shape index (κ1) is 28.7. The topological polar surface area (TPSA) is 121 Å². The molecular weight excluding hydrogens is 576 g/mol. The number of benzene rings is 3. The Morgan fingerprint density at radius 3 is 2.30 bits per heavy atom. The molecule has 0 unspecified atom stereocenters. The summed E-state index contributed by atoms with van der Waals surface area (Å²) in [5, 5.41) is 11.2. The van der Waals surface area contributed by atoms with E-state index in [1.54, 1.807) is 23.1 Å². The van der Waals surface area contributed by atoms with Crippen LogP contribution in [0, 0.1) is 5.41 Å². The summed E-state index contributed by atoms with van der Waals surface area (Å²) in [7, 11) is 0. The summed E-state index contributed by atoms with van der Waals surface area (Å²) in [5.74, 6) is -1.02. The molecule has 40 heavy (non-hydrogen) atoms. The van der Waals surface area contributed by atoms with Crippen LogP contribution in [0.25, 0.3) is 0 Å². The van der Waals surface area contributed by atoms with E-state index in [1.807, 2.05) is 5.32 Å². The van der Waals surface area contributed by atoms with Crippen LogP contribution in [-0.4, -0.2) is 41.9 Å². The highest BCUT2D eigenvalue weighted by molar-refractivity contribution is 6.38. The molecule has 0 radical (unpaired) electrons. The van der Waals surface area contributed by atoms with Gasteiger partial charge in [-0.1, -0.05) is 35.3 Å². The minimum Gasteiger partial charge on any atom is -0.454 e. The van der Waals surface area contributed by atoms with Crippen LogP contribution in [-0.2, 0) is 17.8 Å². The van der Waals surface area contributed by atoms with E-state index in [9.17, 15) is 27.6 Å². The summed E-state index contributed by atoms with van der Waals surface area (Å²) in [6, 6.07) is 12.0. The van der Waals surface area contributed by atoms with E-state index in [-0.39, 0.29) is 39.7 Å². The summed E-state index contributed by atoms with van der Waals surface area (Å²) in [6.07, 6.45) is -3.84. The summed E-state index contributed by atoms with van der Waals surface area (Å²) >= 11 is 12.6. The van der Waals surface area contributed by atoms with Crippen molar-refractivity contribution in [3.8, 4) is 17.2 Å². The molecule has 0 spiro atoms. The van der Waals surface area contributed by atoms with Crippen LogP contribution in [0.1, 0.15) is 21.5 Å². The first-order valence-corrected chi connectivity index (χ1v) is 12.2. The van der Waals surface area contributed by atoms with Gasteiger partial charge in [0.25, 0.3) is 11.8 Å². The van der Waals surface area contributed by atoms with Gasteiger partial charge in [0.05, 0.1) is 16.3 Å². The number of fused-ring (bicyclic) bond motifs is 1. The predicted octanol–water partition coefficient (Wildman–Crippen LogP) is 6.18. The molecule has 3 aromatic carbocycles. The van der Waals surface area contributed by atoms with Crippen molar-refractivity contribution >= 4 is 52.9 Å². The number of imide groups is 1. The van der Waals surface area contributed by atoms with Gasteiger partial charge in [0.15, 0.2) is 5.75 Å². The maximum atomic E-state index is 13.1. The number of anilines is 1. The van der Waals surface area contributed by atoms with Crippen molar-refractivity contribution < 1.29 is 37.0 Å². The molecule has 0 atom stereocenters. The molecule has 4 amide bonds. The Labute approximate surface area is 235 Å². The summed E-state index contributed by atoms with van der Waals surface area (Å²) in [4.78, 5) is 37.6. The van der Waals surface area contributed by atoms with E-state index >= 15 is 0 Å². The van der Waals surface area contributed by atoms with Crippen molar-refractivity contribution in [1.82, 2.24) is 10.2 Å². The molecule has 1 aliphatic rings. The highest BCUT2D eigenvalue weighted by Crippen LogP contribution is 2.39. The fourth-order valence-corrected chi connectivity index (χ4v) is 4.47. The molecule has 4 rings (SSSR count). The third-order valence-electron chi connectivity index (χ3n) is 5.62. The minimum atomic E-state index is -4.78. The number of hydrogen-bond donors (Lipinski definition) is 3. The van der Waals surface area contributed by atoms with Gasteiger partial charge in [-0.2, -0.15) is 0 Å². The van der Waals surface area contributed by atoms with Crippen LogP contribution in [0.5, 0.6) is 17.2 Å². The highest BCUT2D eigenvalue weighted by atomic mass is 35.5. The molecule has 0 bridgehead atoms. The molecule has 3 aromatic rings. The normalized spacial score (nSPS) is 12.8.